The number of nitrogens with one attached hydrogen (secondary N) is 1. The topological polar surface area (TPSA) is 111 Å². The van der Waals surface area contributed by atoms with Crippen molar-refractivity contribution in [3.05, 3.63) is 65.6 Å². The Morgan fingerprint density at radius 3 is 2.34 bits per heavy atom. The van der Waals surface area contributed by atoms with Crippen LogP contribution in [0.25, 0.3) is 11.1 Å². The summed E-state index contributed by atoms with van der Waals surface area (Å²) in [6, 6.07) is 6.12. The summed E-state index contributed by atoms with van der Waals surface area (Å²) in [5.41, 5.74) is -0.164. The fourth-order valence-electron chi connectivity index (χ4n) is 5.91. The van der Waals surface area contributed by atoms with Crippen molar-refractivity contribution >= 4 is 23.4 Å². The number of carbonyl (C=O) groups excluding carboxylic acids is 1. The largest absolute Gasteiger partial charge is 0.496 e. The zero-order chi connectivity index (χ0) is 33.9. The Morgan fingerprint density at radius 1 is 0.979 bits per heavy atom. The third kappa shape index (κ3) is 8.11. The highest BCUT2D eigenvalue weighted by molar-refractivity contribution is 6.03. The van der Waals surface area contributed by atoms with E-state index in [0.29, 0.717) is 44.0 Å². The van der Waals surface area contributed by atoms with Gasteiger partial charge in [-0.2, -0.15) is 26.3 Å². The number of amides is 1. The zero-order valence-corrected chi connectivity index (χ0v) is 25.2. The van der Waals surface area contributed by atoms with Gasteiger partial charge in [-0.3, -0.25) is 19.4 Å². The number of benzene rings is 2. The summed E-state index contributed by atoms with van der Waals surface area (Å²) in [6.07, 6.45) is -6.31. The van der Waals surface area contributed by atoms with Gasteiger partial charge in [0.1, 0.15) is 23.3 Å². The molecule has 1 aromatic heterocycles. The van der Waals surface area contributed by atoms with Gasteiger partial charge in [0.25, 0.3) is 5.91 Å². The number of carboxylic acids is 1. The summed E-state index contributed by atoms with van der Waals surface area (Å²) in [7, 11) is 1.11. The van der Waals surface area contributed by atoms with Crippen LogP contribution in [-0.2, 0) is 17.5 Å². The molecule has 0 saturated carbocycles. The number of methoxy groups -OCH3 is 1. The molecule has 5 rings (SSSR count). The van der Waals surface area contributed by atoms with Gasteiger partial charge < -0.3 is 20.1 Å². The minimum atomic E-state index is -4.74. The van der Waals surface area contributed by atoms with Gasteiger partial charge in [-0.1, -0.05) is 12.1 Å². The lowest BCUT2D eigenvalue weighted by Crippen LogP contribution is -2.48. The molecular formula is C31H32F6N6O4. The SMILES string of the molecule is COc1ccc(-c2ccc(NC(=O)c3cnc(N4CCN(CC(=O)O)CC4)cn3)cc2CN2CCC[C@H]2C(F)(F)F)cc1C(F)(F)F. The number of halogens is 6. The van der Waals surface area contributed by atoms with E-state index in [1.807, 2.05) is 4.90 Å². The van der Waals surface area contributed by atoms with E-state index in [0.717, 1.165) is 19.2 Å². The molecule has 0 spiro atoms. The van der Waals surface area contributed by atoms with Crippen molar-refractivity contribution in [3.8, 4) is 16.9 Å². The molecule has 2 aliphatic heterocycles. The lowest BCUT2D eigenvalue weighted by molar-refractivity contribution is -0.177. The normalized spacial score (nSPS) is 17.9. The molecule has 10 nitrogen and oxygen atoms in total. The van der Waals surface area contributed by atoms with Crippen LogP contribution in [0, 0.1) is 0 Å². The van der Waals surface area contributed by atoms with Crippen LogP contribution in [0.5, 0.6) is 5.75 Å². The Bertz CT molecular complexity index is 1590. The predicted molar refractivity (Wildman–Crippen MR) is 159 cm³/mol. The average molecular weight is 667 g/mol. The number of hydrogen-bond donors (Lipinski definition) is 2. The highest BCUT2D eigenvalue weighted by atomic mass is 19.4. The number of carbonyl (C=O) groups is 2. The average Bonchev–Trinajstić information content (AvgIpc) is 3.50. The number of ether oxygens (including phenoxy) is 1. The van der Waals surface area contributed by atoms with E-state index >= 15 is 0 Å². The molecule has 252 valence electrons. The molecule has 0 radical (unpaired) electrons. The summed E-state index contributed by atoms with van der Waals surface area (Å²) in [5, 5.41) is 11.6. The molecule has 1 atom stereocenters. The highest BCUT2D eigenvalue weighted by Gasteiger charge is 2.46. The summed E-state index contributed by atoms with van der Waals surface area (Å²) >= 11 is 0. The van der Waals surface area contributed by atoms with Crippen LogP contribution in [0.4, 0.5) is 37.8 Å². The Balaban J connectivity index is 1.38. The number of likely N-dealkylation sites (tertiary alicyclic amines) is 1. The van der Waals surface area contributed by atoms with Crippen molar-refractivity contribution in [2.75, 3.05) is 56.6 Å². The molecule has 2 fully saturated rings. The molecule has 0 unspecified atom stereocenters. The Hall–Kier alpha value is -4.44. The van der Waals surface area contributed by atoms with Crippen LogP contribution in [0.15, 0.2) is 48.8 Å². The van der Waals surface area contributed by atoms with Gasteiger partial charge >= 0.3 is 18.3 Å². The first-order valence-corrected chi connectivity index (χ1v) is 14.7. The van der Waals surface area contributed by atoms with Gasteiger partial charge in [-0.25, -0.2) is 9.97 Å². The third-order valence-corrected chi connectivity index (χ3v) is 8.22. The van der Waals surface area contributed by atoms with Crippen LogP contribution in [0.3, 0.4) is 0 Å². The van der Waals surface area contributed by atoms with Crippen LogP contribution >= 0.6 is 0 Å². The summed E-state index contributed by atoms with van der Waals surface area (Å²) in [4.78, 5) is 37.5. The van der Waals surface area contributed by atoms with Gasteiger partial charge in [0, 0.05) is 38.4 Å². The van der Waals surface area contributed by atoms with E-state index < -0.39 is 41.6 Å². The highest BCUT2D eigenvalue weighted by Crippen LogP contribution is 2.41. The maximum absolute atomic E-state index is 13.8. The van der Waals surface area contributed by atoms with Gasteiger partial charge in [-0.05, 0) is 60.3 Å². The maximum atomic E-state index is 13.8. The first-order chi connectivity index (χ1) is 22.2. The Morgan fingerprint density at radius 2 is 1.72 bits per heavy atom. The molecule has 3 heterocycles. The summed E-state index contributed by atoms with van der Waals surface area (Å²) < 4.78 is 87.6. The molecule has 2 N–H and O–H groups in total. The molecule has 47 heavy (non-hydrogen) atoms. The molecule has 2 saturated heterocycles. The minimum Gasteiger partial charge on any atom is -0.496 e. The number of alkyl halides is 6. The van der Waals surface area contributed by atoms with Crippen molar-refractivity contribution in [1.82, 2.24) is 19.8 Å². The molecule has 1 amide bonds. The Labute approximate surface area is 266 Å². The number of nitrogens with zero attached hydrogens (tertiary/aromatic N) is 5. The lowest BCUT2D eigenvalue weighted by atomic mass is 9.96. The van der Waals surface area contributed by atoms with Crippen molar-refractivity contribution in [3.63, 3.8) is 0 Å². The molecule has 3 aromatic rings. The van der Waals surface area contributed by atoms with Crippen molar-refractivity contribution in [2.45, 2.75) is 37.8 Å². The summed E-state index contributed by atoms with van der Waals surface area (Å²) in [5.74, 6) is -1.44. The van der Waals surface area contributed by atoms with Crippen LogP contribution in [0.2, 0.25) is 0 Å². The predicted octanol–water partition coefficient (Wildman–Crippen LogP) is 5.16. The van der Waals surface area contributed by atoms with E-state index in [1.54, 1.807) is 4.90 Å². The Kier molecular flexibility index (Phi) is 9.91. The molecule has 0 bridgehead atoms. The van der Waals surface area contributed by atoms with E-state index in [4.69, 9.17) is 9.84 Å². The second-order valence-electron chi connectivity index (χ2n) is 11.3. The quantitative estimate of drug-likeness (QED) is 0.300. The number of aromatic nitrogens is 2. The molecule has 2 aromatic carbocycles. The lowest BCUT2D eigenvalue weighted by Gasteiger charge is -2.34. The first-order valence-electron chi connectivity index (χ1n) is 14.7. The zero-order valence-electron chi connectivity index (χ0n) is 25.2. The van der Waals surface area contributed by atoms with Crippen LogP contribution in [-0.4, -0.2) is 95.3 Å². The van der Waals surface area contributed by atoms with Crippen LogP contribution in [0.1, 0.15) is 34.5 Å². The van der Waals surface area contributed by atoms with E-state index in [2.05, 4.69) is 15.3 Å². The fraction of sp³-hybridized carbons (Fsp3) is 0.419. The number of hydrogen-bond acceptors (Lipinski definition) is 8. The molecule has 0 aliphatic carbocycles. The maximum Gasteiger partial charge on any atom is 0.419 e. The van der Waals surface area contributed by atoms with Crippen molar-refractivity contribution in [1.29, 1.82) is 0 Å². The van der Waals surface area contributed by atoms with Crippen LogP contribution < -0.4 is 15.0 Å². The standard InChI is InChI=1S/C31H32F6N6O4/c1-47-25-7-4-19(14-23(25)30(32,33)34)22-6-5-21(13-20(22)17-43-8-2-3-26(43)31(35,36)37)40-29(46)24-15-39-27(16-38-24)42-11-9-41(10-12-42)18-28(44)45/h4-7,13-16,26H,2-3,8-12,17-18H2,1H3,(H,40,46)(H,44,45)/t26-/m0/s1. The second-order valence-corrected chi connectivity index (χ2v) is 11.3. The van der Waals surface area contributed by atoms with Crippen molar-refractivity contribution < 1.29 is 45.8 Å². The summed E-state index contributed by atoms with van der Waals surface area (Å²) in [6.45, 7) is 1.95. The third-order valence-electron chi connectivity index (χ3n) is 8.22. The number of carboxylic acid groups (broad SMARTS) is 1. The number of rotatable bonds is 9. The van der Waals surface area contributed by atoms with Gasteiger partial charge in [-0.15, -0.1) is 0 Å². The molecule has 2 aliphatic rings. The van der Waals surface area contributed by atoms with Gasteiger partial charge in [0.05, 0.1) is 31.6 Å². The van der Waals surface area contributed by atoms with E-state index in [-0.39, 0.29) is 48.6 Å². The van der Waals surface area contributed by atoms with Gasteiger partial charge in [0.15, 0.2) is 0 Å². The molecular weight excluding hydrogens is 634 g/mol. The van der Waals surface area contributed by atoms with Gasteiger partial charge in [0.2, 0.25) is 0 Å². The van der Waals surface area contributed by atoms with Crippen molar-refractivity contribution in [2.24, 2.45) is 0 Å². The van der Waals surface area contributed by atoms with E-state index in [1.165, 1.54) is 41.6 Å². The van der Waals surface area contributed by atoms with E-state index in [9.17, 15) is 35.9 Å². The first kappa shape index (κ1) is 33.9. The monoisotopic (exact) mass is 666 g/mol. The number of anilines is 2. The number of piperazine rings is 1. The second kappa shape index (κ2) is 13.7. The minimum absolute atomic E-state index is 0.0365. The number of aliphatic carboxylic acids is 1. The fourth-order valence-corrected chi connectivity index (χ4v) is 5.91. The smallest absolute Gasteiger partial charge is 0.419 e. The molecule has 16 heteroatoms.